The topological polar surface area (TPSA) is 36.4 Å². The summed E-state index contributed by atoms with van der Waals surface area (Å²) in [6.45, 7) is 9.57. The van der Waals surface area contributed by atoms with E-state index < -0.39 is 0 Å². The van der Waals surface area contributed by atoms with Gasteiger partial charge in [-0.25, -0.2) is 0 Å². The van der Waals surface area contributed by atoms with E-state index in [2.05, 4.69) is 60.3 Å². The van der Waals surface area contributed by atoms with E-state index in [1.165, 1.54) is 11.1 Å². The van der Waals surface area contributed by atoms with Gasteiger partial charge in [-0.2, -0.15) is 0 Å². The Kier molecular flexibility index (Phi) is 9.30. The Balaban J connectivity index is 0.00000324. The van der Waals surface area contributed by atoms with E-state index in [9.17, 15) is 0 Å². The second-order valence-electron chi connectivity index (χ2n) is 4.43. The third kappa shape index (κ3) is 6.61. The van der Waals surface area contributed by atoms with Gasteiger partial charge in [0.1, 0.15) is 0 Å². The lowest BCUT2D eigenvalue weighted by molar-refractivity contribution is 0.705. The smallest absolute Gasteiger partial charge is 0.191 e. The van der Waals surface area contributed by atoms with Gasteiger partial charge in [-0.15, -0.1) is 30.6 Å². The molecule has 0 aromatic heterocycles. The minimum atomic E-state index is 0. The summed E-state index contributed by atoms with van der Waals surface area (Å²) >= 11 is 0. The number of aliphatic imine (C=N–C) groups is 1. The van der Waals surface area contributed by atoms with Gasteiger partial charge in [0.15, 0.2) is 5.96 Å². The summed E-state index contributed by atoms with van der Waals surface area (Å²) in [6.07, 6.45) is 1.82. The van der Waals surface area contributed by atoms with Crippen molar-refractivity contribution in [2.24, 2.45) is 4.99 Å². The molecule has 0 aliphatic carbocycles. The van der Waals surface area contributed by atoms with Crippen LogP contribution in [0.4, 0.5) is 0 Å². The average Bonchev–Trinajstić information content (AvgIpc) is 2.39. The van der Waals surface area contributed by atoms with E-state index in [0.29, 0.717) is 5.92 Å². The van der Waals surface area contributed by atoms with Gasteiger partial charge in [0, 0.05) is 20.1 Å². The Hall–Kier alpha value is -1.04. The lowest BCUT2D eigenvalue weighted by atomic mass is 10.0. The van der Waals surface area contributed by atoms with Crippen LogP contribution in [0, 0.1) is 6.92 Å². The maximum Gasteiger partial charge on any atom is 0.191 e. The van der Waals surface area contributed by atoms with Crippen molar-refractivity contribution in [1.82, 2.24) is 10.6 Å². The van der Waals surface area contributed by atoms with Crippen molar-refractivity contribution >= 4 is 29.9 Å². The molecule has 0 aliphatic rings. The summed E-state index contributed by atoms with van der Waals surface area (Å²) < 4.78 is 0. The van der Waals surface area contributed by atoms with Crippen LogP contribution in [-0.2, 0) is 0 Å². The molecule has 19 heavy (non-hydrogen) atoms. The fourth-order valence-electron chi connectivity index (χ4n) is 1.65. The Labute approximate surface area is 133 Å². The molecule has 0 amide bonds. The molecular formula is C15H24IN3. The van der Waals surface area contributed by atoms with Crippen LogP contribution in [-0.4, -0.2) is 26.1 Å². The van der Waals surface area contributed by atoms with Crippen molar-refractivity contribution in [3.8, 4) is 0 Å². The van der Waals surface area contributed by atoms with Gasteiger partial charge in [-0.3, -0.25) is 4.99 Å². The second kappa shape index (κ2) is 9.83. The van der Waals surface area contributed by atoms with Crippen LogP contribution in [0.25, 0.3) is 0 Å². The number of rotatable bonds is 5. The van der Waals surface area contributed by atoms with Gasteiger partial charge in [-0.1, -0.05) is 42.8 Å². The van der Waals surface area contributed by atoms with Crippen molar-refractivity contribution in [3.63, 3.8) is 0 Å². The SMILES string of the molecule is C=CCNC(=NC)NCC(C)c1ccc(C)cc1.I. The third-order valence-electron chi connectivity index (χ3n) is 2.86. The first-order valence-corrected chi connectivity index (χ1v) is 6.29. The Bertz CT molecular complexity index is 398. The molecule has 0 aliphatic heterocycles. The first kappa shape index (κ1) is 18.0. The molecule has 0 spiro atoms. The number of hydrogen-bond acceptors (Lipinski definition) is 1. The summed E-state index contributed by atoms with van der Waals surface area (Å²) in [5.74, 6) is 1.27. The molecule has 0 radical (unpaired) electrons. The predicted molar refractivity (Wildman–Crippen MR) is 94.6 cm³/mol. The minimum Gasteiger partial charge on any atom is -0.356 e. The molecule has 106 valence electrons. The standard InChI is InChI=1S/C15H23N3.HI/c1-5-10-17-15(16-4)18-11-13(3)14-8-6-12(2)7-9-14;/h5-9,13H,1,10-11H2,2-4H3,(H2,16,17,18);1H. The van der Waals surface area contributed by atoms with Crippen LogP contribution in [0.2, 0.25) is 0 Å². The van der Waals surface area contributed by atoms with Crippen molar-refractivity contribution in [2.45, 2.75) is 19.8 Å². The van der Waals surface area contributed by atoms with E-state index in [4.69, 9.17) is 0 Å². The van der Waals surface area contributed by atoms with Crippen LogP contribution < -0.4 is 10.6 Å². The summed E-state index contributed by atoms with van der Waals surface area (Å²) in [7, 11) is 1.77. The van der Waals surface area contributed by atoms with E-state index in [-0.39, 0.29) is 24.0 Å². The summed E-state index contributed by atoms with van der Waals surface area (Å²) in [5, 5.41) is 6.46. The van der Waals surface area contributed by atoms with Crippen molar-refractivity contribution in [3.05, 3.63) is 48.0 Å². The lowest BCUT2D eigenvalue weighted by Gasteiger charge is -2.16. The van der Waals surface area contributed by atoms with Gasteiger partial charge in [0.05, 0.1) is 0 Å². The number of halogens is 1. The maximum atomic E-state index is 4.15. The first-order valence-electron chi connectivity index (χ1n) is 6.29. The van der Waals surface area contributed by atoms with Crippen molar-refractivity contribution in [1.29, 1.82) is 0 Å². The Morgan fingerprint density at radius 1 is 1.32 bits per heavy atom. The fourth-order valence-corrected chi connectivity index (χ4v) is 1.65. The Morgan fingerprint density at radius 2 is 1.95 bits per heavy atom. The van der Waals surface area contributed by atoms with E-state index in [0.717, 1.165) is 19.0 Å². The van der Waals surface area contributed by atoms with E-state index in [1.807, 2.05) is 6.08 Å². The zero-order chi connectivity index (χ0) is 13.4. The molecule has 1 unspecified atom stereocenters. The van der Waals surface area contributed by atoms with Crippen LogP contribution in [0.3, 0.4) is 0 Å². The average molecular weight is 373 g/mol. The molecule has 2 N–H and O–H groups in total. The molecule has 0 heterocycles. The number of hydrogen-bond donors (Lipinski definition) is 2. The molecule has 1 aromatic carbocycles. The van der Waals surface area contributed by atoms with Crippen LogP contribution in [0.1, 0.15) is 24.0 Å². The quantitative estimate of drug-likeness (QED) is 0.360. The van der Waals surface area contributed by atoms with E-state index in [1.54, 1.807) is 7.05 Å². The van der Waals surface area contributed by atoms with Gasteiger partial charge < -0.3 is 10.6 Å². The molecule has 1 rings (SSSR count). The van der Waals surface area contributed by atoms with Crippen molar-refractivity contribution < 1.29 is 0 Å². The van der Waals surface area contributed by atoms with Gasteiger partial charge >= 0.3 is 0 Å². The molecule has 0 saturated carbocycles. The zero-order valence-electron chi connectivity index (χ0n) is 11.9. The fraction of sp³-hybridized carbons (Fsp3) is 0.400. The molecule has 4 heteroatoms. The number of nitrogens with zero attached hydrogens (tertiary/aromatic N) is 1. The first-order chi connectivity index (χ1) is 8.67. The molecule has 0 saturated heterocycles. The molecule has 3 nitrogen and oxygen atoms in total. The second-order valence-corrected chi connectivity index (χ2v) is 4.43. The van der Waals surface area contributed by atoms with Gasteiger partial charge in [0.25, 0.3) is 0 Å². The van der Waals surface area contributed by atoms with Crippen LogP contribution in [0.15, 0.2) is 41.9 Å². The van der Waals surface area contributed by atoms with Gasteiger partial charge in [-0.05, 0) is 18.4 Å². The minimum absolute atomic E-state index is 0. The molecular weight excluding hydrogens is 349 g/mol. The predicted octanol–water partition coefficient (Wildman–Crippen LogP) is 3.07. The van der Waals surface area contributed by atoms with Crippen LogP contribution in [0.5, 0.6) is 0 Å². The summed E-state index contributed by atoms with van der Waals surface area (Å²) in [4.78, 5) is 4.15. The highest BCUT2D eigenvalue weighted by Crippen LogP contribution is 2.14. The highest BCUT2D eigenvalue weighted by molar-refractivity contribution is 14.0. The van der Waals surface area contributed by atoms with Crippen molar-refractivity contribution in [2.75, 3.05) is 20.1 Å². The van der Waals surface area contributed by atoms with Crippen LogP contribution >= 0.6 is 24.0 Å². The summed E-state index contributed by atoms with van der Waals surface area (Å²) in [5.41, 5.74) is 2.63. The molecule has 1 aromatic rings. The monoisotopic (exact) mass is 373 g/mol. The number of guanidine groups is 1. The zero-order valence-corrected chi connectivity index (χ0v) is 14.3. The Morgan fingerprint density at radius 3 is 2.47 bits per heavy atom. The summed E-state index contributed by atoms with van der Waals surface area (Å²) in [6, 6.07) is 8.66. The molecule has 0 fully saturated rings. The highest BCUT2D eigenvalue weighted by Gasteiger charge is 2.05. The number of benzene rings is 1. The normalized spacial score (nSPS) is 12.3. The van der Waals surface area contributed by atoms with Gasteiger partial charge in [0.2, 0.25) is 0 Å². The number of aryl methyl sites for hydroxylation is 1. The lowest BCUT2D eigenvalue weighted by Crippen LogP contribution is -2.39. The maximum absolute atomic E-state index is 4.15. The number of nitrogens with one attached hydrogen (secondary N) is 2. The third-order valence-corrected chi connectivity index (χ3v) is 2.86. The highest BCUT2D eigenvalue weighted by atomic mass is 127. The largest absolute Gasteiger partial charge is 0.356 e. The molecule has 1 atom stereocenters. The van der Waals surface area contributed by atoms with E-state index >= 15 is 0 Å². The molecule has 0 bridgehead atoms.